The third-order valence-corrected chi connectivity index (χ3v) is 4.98. The summed E-state index contributed by atoms with van der Waals surface area (Å²) < 4.78 is 0. The molecule has 6 heteroatoms. The highest BCUT2D eigenvalue weighted by molar-refractivity contribution is 6.18. The molecule has 0 spiro atoms. The number of allylic oxidation sites excluding steroid dienone is 2. The number of benzene rings is 2. The molecule has 2 aromatic rings. The summed E-state index contributed by atoms with van der Waals surface area (Å²) in [6.07, 6.45) is 3.87. The smallest absolute Gasteiger partial charge is 0.275 e. The fraction of sp³-hybridized carbons (Fsp3) is 0.190. The van der Waals surface area contributed by atoms with Gasteiger partial charge in [0.15, 0.2) is 5.78 Å². The van der Waals surface area contributed by atoms with Crippen LogP contribution in [-0.2, 0) is 4.79 Å². The van der Waals surface area contributed by atoms with Crippen LogP contribution in [0.3, 0.4) is 0 Å². The number of hydrogen-bond donors (Lipinski definition) is 3. The van der Waals surface area contributed by atoms with Crippen LogP contribution in [0.4, 0.5) is 0 Å². The summed E-state index contributed by atoms with van der Waals surface area (Å²) in [5, 5.41) is 19.1. The molecule has 1 amide bonds. The average Bonchev–Trinajstić information content (AvgIpc) is 3.19. The number of rotatable bonds is 3. The number of fused-ring (bicyclic) bond motifs is 1. The van der Waals surface area contributed by atoms with Crippen molar-refractivity contribution in [3.8, 4) is 5.75 Å². The second-order valence-electron chi connectivity index (χ2n) is 6.83. The summed E-state index contributed by atoms with van der Waals surface area (Å²) >= 11 is 0. The fourth-order valence-electron chi connectivity index (χ4n) is 3.50. The van der Waals surface area contributed by atoms with Crippen molar-refractivity contribution >= 4 is 28.2 Å². The highest BCUT2D eigenvalue weighted by Gasteiger charge is 2.37. The molecule has 0 aromatic heterocycles. The topological polar surface area (TPSA) is 90.8 Å². The van der Waals surface area contributed by atoms with Gasteiger partial charge in [0.2, 0.25) is 0 Å². The number of carbonyl (C=O) groups excluding carboxylic acids is 2. The zero-order chi connectivity index (χ0) is 19.1. The third kappa shape index (κ3) is 2.89. The Labute approximate surface area is 156 Å². The summed E-state index contributed by atoms with van der Waals surface area (Å²) in [4.78, 5) is 25.0. The van der Waals surface area contributed by atoms with E-state index >= 15 is 0 Å². The van der Waals surface area contributed by atoms with Crippen LogP contribution in [0.1, 0.15) is 24.2 Å². The van der Waals surface area contributed by atoms with Crippen LogP contribution in [0.25, 0.3) is 10.8 Å². The molecule has 0 bridgehead atoms. The Hall–Kier alpha value is -3.41. The molecule has 1 heterocycles. The van der Waals surface area contributed by atoms with E-state index in [1.165, 1.54) is 0 Å². The first-order valence-electron chi connectivity index (χ1n) is 8.75. The van der Waals surface area contributed by atoms with E-state index in [-0.39, 0.29) is 23.0 Å². The number of phenols is 1. The van der Waals surface area contributed by atoms with E-state index in [0.717, 1.165) is 22.0 Å². The van der Waals surface area contributed by atoms with Gasteiger partial charge in [-0.3, -0.25) is 9.59 Å². The Morgan fingerprint density at radius 3 is 2.63 bits per heavy atom. The van der Waals surface area contributed by atoms with Crippen molar-refractivity contribution in [3.05, 3.63) is 65.4 Å². The average molecular weight is 361 g/mol. The van der Waals surface area contributed by atoms with E-state index in [9.17, 15) is 14.7 Å². The van der Waals surface area contributed by atoms with E-state index in [2.05, 4.69) is 15.8 Å². The monoisotopic (exact) mass is 361 g/mol. The largest absolute Gasteiger partial charge is 0.507 e. The van der Waals surface area contributed by atoms with E-state index in [1.807, 2.05) is 43.3 Å². The molecule has 4 rings (SSSR count). The van der Waals surface area contributed by atoms with Crippen LogP contribution in [0, 0.1) is 5.92 Å². The number of aromatic hydroxyl groups is 1. The van der Waals surface area contributed by atoms with Crippen LogP contribution in [-0.4, -0.2) is 28.6 Å². The Kier molecular flexibility index (Phi) is 4.03. The number of carbonyl (C=O) groups is 2. The molecule has 2 aliphatic rings. The van der Waals surface area contributed by atoms with Gasteiger partial charge in [-0.25, -0.2) is 5.43 Å². The standard InChI is InChI=1S/C21H19N3O3/c1-11-7-8-16-18(11)20(26)19(22-16)12(2)23-24-21(27)15-9-13-5-3-4-6-14(13)10-17(15)25/h3-11,19,22,25H,1-2H3,(H,24,27)/b23-12+. The SMILES string of the molecule is C/C(=N\NC(=O)c1cc2ccccc2cc1O)C1NC2=C(C1=O)C(C)C=C2. The number of ketones is 1. The first-order chi connectivity index (χ1) is 13.0. The molecule has 2 unspecified atom stereocenters. The van der Waals surface area contributed by atoms with E-state index < -0.39 is 11.9 Å². The molecule has 6 nitrogen and oxygen atoms in total. The van der Waals surface area contributed by atoms with Gasteiger partial charge in [0, 0.05) is 17.2 Å². The maximum absolute atomic E-state index is 12.6. The van der Waals surface area contributed by atoms with Gasteiger partial charge < -0.3 is 10.4 Å². The number of hydrogen-bond acceptors (Lipinski definition) is 5. The lowest BCUT2D eigenvalue weighted by atomic mass is 9.97. The summed E-state index contributed by atoms with van der Waals surface area (Å²) in [7, 11) is 0. The highest BCUT2D eigenvalue weighted by atomic mass is 16.3. The molecular formula is C21H19N3O3. The molecule has 27 heavy (non-hydrogen) atoms. The molecule has 136 valence electrons. The molecule has 0 fully saturated rings. The number of phenolic OH excluding ortho intramolecular Hbond substituents is 1. The Balaban J connectivity index is 1.51. The van der Waals surface area contributed by atoms with Gasteiger partial charge in [-0.05, 0) is 35.9 Å². The zero-order valence-corrected chi connectivity index (χ0v) is 15.0. The maximum atomic E-state index is 12.6. The second-order valence-corrected chi connectivity index (χ2v) is 6.83. The van der Waals surface area contributed by atoms with Crippen molar-refractivity contribution in [1.82, 2.24) is 10.7 Å². The Morgan fingerprint density at radius 2 is 1.93 bits per heavy atom. The van der Waals surface area contributed by atoms with Crippen molar-refractivity contribution in [2.75, 3.05) is 0 Å². The van der Waals surface area contributed by atoms with Crippen molar-refractivity contribution in [3.63, 3.8) is 0 Å². The predicted octanol–water partition coefficient (Wildman–Crippen LogP) is 2.65. The molecule has 2 aromatic carbocycles. The third-order valence-electron chi connectivity index (χ3n) is 4.98. The van der Waals surface area contributed by atoms with Crippen LogP contribution in [0.5, 0.6) is 5.75 Å². The van der Waals surface area contributed by atoms with Gasteiger partial charge in [-0.15, -0.1) is 0 Å². The first-order valence-corrected chi connectivity index (χ1v) is 8.75. The van der Waals surface area contributed by atoms with Crippen molar-refractivity contribution < 1.29 is 14.7 Å². The van der Waals surface area contributed by atoms with E-state index in [0.29, 0.717) is 5.71 Å². The number of hydrazone groups is 1. The molecule has 1 aliphatic carbocycles. The maximum Gasteiger partial charge on any atom is 0.275 e. The lowest BCUT2D eigenvalue weighted by molar-refractivity contribution is -0.115. The fourth-order valence-corrected chi connectivity index (χ4v) is 3.50. The molecule has 0 saturated carbocycles. The number of nitrogens with one attached hydrogen (secondary N) is 2. The highest BCUT2D eigenvalue weighted by Crippen LogP contribution is 2.30. The van der Waals surface area contributed by atoms with Crippen molar-refractivity contribution in [1.29, 1.82) is 0 Å². The van der Waals surface area contributed by atoms with Gasteiger partial charge in [-0.1, -0.05) is 37.3 Å². The zero-order valence-electron chi connectivity index (χ0n) is 15.0. The van der Waals surface area contributed by atoms with Crippen molar-refractivity contribution in [2.45, 2.75) is 19.9 Å². The minimum atomic E-state index is -0.576. The van der Waals surface area contributed by atoms with Crippen LogP contribution < -0.4 is 10.7 Å². The van der Waals surface area contributed by atoms with Gasteiger partial charge >= 0.3 is 0 Å². The number of amides is 1. The summed E-state index contributed by atoms with van der Waals surface area (Å²) in [5.41, 5.74) is 4.62. The normalized spacial score (nSPS) is 21.6. The van der Waals surface area contributed by atoms with E-state index in [1.54, 1.807) is 19.1 Å². The molecular weight excluding hydrogens is 342 g/mol. The molecule has 1 aliphatic heterocycles. The number of nitrogens with zero attached hydrogens (tertiary/aromatic N) is 1. The molecule has 3 N–H and O–H groups in total. The van der Waals surface area contributed by atoms with E-state index in [4.69, 9.17) is 0 Å². The summed E-state index contributed by atoms with van der Waals surface area (Å²) in [6.45, 7) is 3.66. The van der Waals surface area contributed by atoms with Crippen LogP contribution in [0.15, 0.2) is 64.9 Å². The van der Waals surface area contributed by atoms with Gasteiger partial charge in [0.05, 0.1) is 11.3 Å². The van der Waals surface area contributed by atoms with Crippen molar-refractivity contribution in [2.24, 2.45) is 11.0 Å². The minimum Gasteiger partial charge on any atom is -0.507 e. The molecule has 0 saturated heterocycles. The van der Waals surface area contributed by atoms with Gasteiger partial charge in [0.25, 0.3) is 5.91 Å². The summed E-state index contributed by atoms with van der Waals surface area (Å²) in [6, 6.07) is 10.0. The Bertz CT molecular complexity index is 1070. The van der Waals surface area contributed by atoms with Crippen LogP contribution >= 0.6 is 0 Å². The minimum absolute atomic E-state index is 0.0217. The lowest BCUT2D eigenvalue weighted by Crippen LogP contribution is -2.38. The Morgan fingerprint density at radius 1 is 1.22 bits per heavy atom. The van der Waals surface area contributed by atoms with Gasteiger partial charge in [-0.2, -0.15) is 5.10 Å². The first kappa shape index (κ1) is 17.0. The lowest BCUT2D eigenvalue weighted by Gasteiger charge is -2.13. The quantitative estimate of drug-likeness (QED) is 0.579. The van der Waals surface area contributed by atoms with Gasteiger partial charge in [0.1, 0.15) is 11.8 Å². The van der Waals surface area contributed by atoms with Crippen LogP contribution in [0.2, 0.25) is 0 Å². The predicted molar refractivity (Wildman–Crippen MR) is 103 cm³/mol. The molecule has 2 atom stereocenters. The second kappa shape index (κ2) is 6.39. The molecule has 0 radical (unpaired) electrons. The summed E-state index contributed by atoms with van der Waals surface area (Å²) in [5.74, 6) is -0.584. The number of Topliss-reactive ketones (excluding diaryl/α,β-unsaturated/α-hetero) is 1.